The molecular weight excluding hydrogens is 286 g/mol. The van der Waals surface area contributed by atoms with Gasteiger partial charge in [-0.2, -0.15) is 0 Å². The van der Waals surface area contributed by atoms with E-state index >= 15 is 0 Å². The van der Waals surface area contributed by atoms with Crippen LogP contribution in [0.5, 0.6) is 0 Å². The van der Waals surface area contributed by atoms with E-state index in [0.29, 0.717) is 12.0 Å². The Kier molecular flexibility index (Phi) is 6.14. The van der Waals surface area contributed by atoms with Gasteiger partial charge in [0.05, 0.1) is 4.92 Å². The van der Waals surface area contributed by atoms with Crippen molar-refractivity contribution < 1.29 is 4.92 Å². The molecule has 1 N–H and O–H groups in total. The topological polar surface area (TPSA) is 58.4 Å². The molecule has 0 spiro atoms. The minimum atomic E-state index is -0.283. The smallest absolute Gasteiger partial charge is 0.316 e. The molecule has 0 amide bonds. The summed E-state index contributed by atoms with van der Waals surface area (Å²) in [4.78, 5) is 14.2. The number of hydrogen-bond donors (Lipinski definition) is 1. The van der Waals surface area contributed by atoms with Crippen LogP contribution in [0.1, 0.15) is 43.5 Å². The molecule has 1 fully saturated rings. The van der Waals surface area contributed by atoms with Gasteiger partial charge >= 0.3 is 5.00 Å². The summed E-state index contributed by atoms with van der Waals surface area (Å²) < 4.78 is 0. The summed E-state index contributed by atoms with van der Waals surface area (Å²) in [6, 6.07) is 3.90. The Morgan fingerprint density at radius 2 is 2.29 bits per heavy atom. The number of nitrogens with one attached hydrogen (secondary N) is 1. The number of rotatable bonds is 6. The maximum atomic E-state index is 10.9. The fourth-order valence-electron chi connectivity index (χ4n) is 3.15. The summed E-state index contributed by atoms with van der Waals surface area (Å²) in [6.45, 7) is 5.28. The summed E-state index contributed by atoms with van der Waals surface area (Å²) in [7, 11) is 2.15. The number of likely N-dealkylation sites (tertiary alicyclic amines) is 1. The Morgan fingerprint density at radius 1 is 1.48 bits per heavy atom. The molecule has 0 bridgehead atoms. The van der Waals surface area contributed by atoms with E-state index in [1.165, 1.54) is 30.6 Å². The Bertz CT molecular complexity index is 464. The van der Waals surface area contributed by atoms with Crippen LogP contribution in [0, 0.1) is 16.0 Å². The normalized spacial score (nSPS) is 23.9. The van der Waals surface area contributed by atoms with Gasteiger partial charge in [-0.1, -0.05) is 24.7 Å². The standard InChI is InChI=1S/C15H25N3O2S/c1-3-9-16-11-12-6-4-5-10-17(2)15(12)13-7-8-14(21-13)18(19)20/h7-8,12,15-16H,3-6,9-11H2,1-2H3. The van der Waals surface area contributed by atoms with Crippen LogP contribution in [-0.4, -0.2) is 36.5 Å². The van der Waals surface area contributed by atoms with E-state index in [-0.39, 0.29) is 9.92 Å². The van der Waals surface area contributed by atoms with Crippen molar-refractivity contribution in [3.63, 3.8) is 0 Å². The van der Waals surface area contributed by atoms with Crippen LogP contribution >= 0.6 is 11.3 Å². The molecule has 21 heavy (non-hydrogen) atoms. The van der Waals surface area contributed by atoms with Crippen LogP contribution < -0.4 is 5.32 Å². The maximum Gasteiger partial charge on any atom is 0.324 e. The molecule has 2 rings (SSSR count). The monoisotopic (exact) mass is 311 g/mol. The highest BCUT2D eigenvalue weighted by Crippen LogP contribution is 2.39. The number of nitro groups is 1. The number of nitrogens with zero attached hydrogens (tertiary/aromatic N) is 2. The van der Waals surface area contributed by atoms with Crippen molar-refractivity contribution in [2.45, 2.75) is 38.6 Å². The van der Waals surface area contributed by atoms with E-state index in [0.717, 1.165) is 30.9 Å². The zero-order valence-electron chi connectivity index (χ0n) is 12.9. The van der Waals surface area contributed by atoms with Crippen molar-refractivity contribution in [2.24, 2.45) is 5.92 Å². The Labute approximate surface area is 130 Å². The average Bonchev–Trinajstić information content (AvgIpc) is 2.86. The van der Waals surface area contributed by atoms with Crippen LogP contribution in [0.4, 0.5) is 5.00 Å². The summed E-state index contributed by atoms with van der Waals surface area (Å²) in [5.41, 5.74) is 0. The predicted octanol–water partition coefficient (Wildman–Crippen LogP) is 3.43. The summed E-state index contributed by atoms with van der Waals surface area (Å²) in [6.07, 6.45) is 4.78. The Hall–Kier alpha value is -0.980. The molecule has 1 aromatic heterocycles. The fraction of sp³-hybridized carbons (Fsp3) is 0.733. The van der Waals surface area contributed by atoms with E-state index in [2.05, 4.69) is 24.2 Å². The molecular formula is C15H25N3O2S. The van der Waals surface area contributed by atoms with E-state index in [9.17, 15) is 10.1 Å². The first-order chi connectivity index (χ1) is 10.1. The van der Waals surface area contributed by atoms with Crippen molar-refractivity contribution in [1.82, 2.24) is 10.2 Å². The zero-order valence-corrected chi connectivity index (χ0v) is 13.7. The number of hydrogen-bond acceptors (Lipinski definition) is 5. The summed E-state index contributed by atoms with van der Waals surface area (Å²) in [5.74, 6) is 0.530. The second kappa shape index (κ2) is 7.87. The lowest BCUT2D eigenvalue weighted by molar-refractivity contribution is -0.380. The first-order valence-electron chi connectivity index (χ1n) is 7.78. The van der Waals surface area contributed by atoms with E-state index in [4.69, 9.17) is 0 Å². The molecule has 118 valence electrons. The lowest BCUT2D eigenvalue weighted by Crippen LogP contribution is -2.34. The predicted molar refractivity (Wildman–Crippen MR) is 86.8 cm³/mol. The molecule has 0 saturated carbocycles. The fourth-order valence-corrected chi connectivity index (χ4v) is 4.23. The number of thiophene rings is 1. The summed E-state index contributed by atoms with van der Waals surface area (Å²) in [5, 5.41) is 14.7. The molecule has 2 atom stereocenters. The van der Waals surface area contributed by atoms with Crippen molar-refractivity contribution in [1.29, 1.82) is 0 Å². The molecule has 1 aliphatic rings. The molecule has 5 nitrogen and oxygen atoms in total. The highest BCUT2D eigenvalue weighted by molar-refractivity contribution is 7.15. The largest absolute Gasteiger partial charge is 0.324 e. The van der Waals surface area contributed by atoms with Crippen LogP contribution in [0.15, 0.2) is 12.1 Å². The Balaban J connectivity index is 2.16. The first-order valence-corrected chi connectivity index (χ1v) is 8.60. The lowest BCUT2D eigenvalue weighted by Gasteiger charge is -2.31. The molecule has 0 radical (unpaired) electrons. The molecule has 0 aromatic carbocycles. The Morgan fingerprint density at radius 3 is 2.95 bits per heavy atom. The molecule has 1 aromatic rings. The van der Waals surface area contributed by atoms with Gasteiger partial charge in [0, 0.05) is 17.0 Å². The van der Waals surface area contributed by atoms with Crippen LogP contribution in [0.25, 0.3) is 0 Å². The van der Waals surface area contributed by atoms with E-state index in [1.54, 1.807) is 6.07 Å². The van der Waals surface area contributed by atoms with Gasteiger partial charge in [-0.3, -0.25) is 15.0 Å². The maximum absolute atomic E-state index is 10.9. The van der Waals surface area contributed by atoms with Crippen LogP contribution in [0.2, 0.25) is 0 Å². The van der Waals surface area contributed by atoms with E-state index in [1.807, 2.05) is 6.07 Å². The third-order valence-electron chi connectivity index (χ3n) is 4.17. The average molecular weight is 311 g/mol. The van der Waals surface area contributed by atoms with Crippen molar-refractivity contribution >= 4 is 16.3 Å². The lowest BCUT2D eigenvalue weighted by atomic mass is 9.93. The van der Waals surface area contributed by atoms with Gasteiger partial charge in [0.1, 0.15) is 0 Å². The van der Waals surface area contributed by atoms with Gasteiger partial charge in [0.2, 0.25) is 0 Å². The first kappa shape index (κ1) is 16.4. The van der Waals surface area contributed by atoms with Crippen molar-refractivity contribution in [3.05, 3.63) is 27.1 Å². The second-order valence-corrected chi connectivity index (χ2v) is 6.91. The molecule has 2 heterocycles. The van der Waals surface area contributed by atoms with Gasteiger partial charge in [-0.15, -0.1) is 0 Å². The van der Waals surface area contributed by atoms with Gasteiger partial charge in [0.25, 0.3) is 0 Å². The quantitative estimate of drug-likeness (QED) is 0.497. The molecule has 0 aliphatic carbocycles. The van der Waals surface area contributed by atoms with Gasteiger partial charge in [-0.25, -0.2) is 0 Å². The third kappa shape index (κ3) is 4.25. The van der Waals surface area contributed by atoms with Gasteiger partial charge < -0.3 is 5.32 Å². The summed E-state index contributed by atoms with van der Waals surface area (Å²) >= 11 is 1.33. The van der Waals surface area contributed by atoms with Crippen molar-refractivity contribution in [2.75, 3.05) is 26.7 Å². The highest BCUT2D eigenvalue weighted by atomic mass is 32.1. The van der Waals surface area contributed by atoms with Crippen LogP contribution in [0.3, 0.4) is 0 Å². The van der Waals surface area contributed by atoms with E-state index < -0.39 is 0 Å². The highest BCUT2D eigenvalue weighted by Gasteiger charge is 2.30. The minimum Gasteiger partial charge on any atom is -0.316 e. The van der Waals surface area contributed by atoms with Gasteiger partial charge in [0.15, 0.2) is 0 Å². The third-order valence-corrected chi connectivity index (χ3v) is 5.28. The molecule has 1 aliphatic heterocycles. The minimum absolute atomic E-state index is 0.253. The molecule has 1 saturated heterocycles. The zero-order chi connectivity index (χ0) is 15.2. The SMILES string of the molecule is CCCNCC1CCCCN(C)C1c1ccc([N+](=O)[O-])s1. The molecule has 6 heteroatoms. The molecule has 2 unspecified atom stereocenters. The van der Waals surface area contributed by atoms with Gasteiger partial charge in [-0.05, 0) is 57.9 Å². The second-order valence-electron chi connectivity index (χ2n) is 5.82. The van der Waals surface area contributed by atoms with Crippen molar-refractivity contribution in [3.8, 4) is 0 Å². The van der Waals surface area contributed by atoms with Crippen LogP contribution in [-0.2, 0) is 0 Å².